The standard InChI is InChI=1S/C12H13BrF3NO3.ClH/c1-2-19-11(18)6-10(17)7-3-8(13)5-9(4-7)20-12(14,15)16;/h3-5,10H,2,6,17H2,1H3;1H. The van der Waals surface area contributed by atoms with Gasteiger partial charge in [0.15, 0.2) is 0 Å². The van der Waals surface area contributed by atoms with E-state index in [1.54, 1.807) is 6.92 Å². The van der Waals surface area contributed by atoms with Crippen LogP contribution in [0, 0.1) is 0 Å². The predicted molar refractivity (Wildman–Crippen MR) is 76.3 cm³/mol. The van der Waals surface area contributed by atoms with Gasteiger partial charge in [0.2, 0.25) is 0 Å². The SMILES string of the molecule is CCOC(=O)CC(N)c1cc(Br)cc(OC(F)(F)F)c1.Cl. The normalized spacial score (nSPS) is 12.3. The van der Waals surface area contributed by atoms with Crippen LogP contribution < -0.4 is 10.5 Å². The van der Waals surface area contributed by atoms with Crippen LogP contribution in [0.4, 0.5) is 13.2 Å². The molecule has 1 aromatic rings. The van der Waals surface area contributed by atoms with E-state index in [1.807, 2.05) is 0 Å². The van der Waals surface area contributed by atoms with Gasteiger partial charge in [-0.2, -0.15) is 0 Å². The maximum absolute atomic E-state index is 12.2. The Bertz CT molecular complexity index is 485. The molecule has 1 rings (SSSR count). The van der Waals surface area contributed by atoms with Crippen LogP contribution in [-0.4, -0.2) is 18.9 Å². The molecule has 0 fully saturated rings. The Morgan fingerprint density at radius 1 is 1.38 bits per heavy atom. The largest absolute Gasteiger partial charge is 0.573 e. The first-order valence-corrected chi connectivity index (χ1v) is 6.48. The molecule has 0 aliphatic carbocycles. The minimum atomic E-state index is -4.79. The number of esters is 1. The Labute approximate surface area is 134 Å². The number of alkyl halides is 3. The molecule has 0 saturated carbocycles. The molecule has 120 valence electrons. The number of carbonyl (C=O) groups is 1. The third kappa shape index (κ3) is 7.54. The predicted octanol–water partition coefficient (Wildman–Crippen LogP) is 3.72. The number of benzene rings is 1. The van der Waals surface area contributed by atoms with Crippen LogP contribution in [0.3, 0.4) is 0 Å². The minimum absolute atomic E-state index is 0. The van der Waals surface area contributed by atoms with Crippen LogP contribution >= 0.6 is 28.3 Å². The van der Waals surface area contributed by atoms with Gasteiger partial charge < -0.3 is 15.2 Å². The first kappa shape index (κ1) is 20.0. The third-order valence-electron chi connectivity index (χ3n) is 2.25. The van der Waals surface area contributed by atoms with E-state index >= 15 is 0 Å². The maximum atomic E-state index is 12.2. The summed E-state index contributed by atoms with van der Waals surface area (Å²) in [5, 5.41) is 0. The van der Waals surface area contributed by atoms with Crippen LogP contribution in [0.2, 0.25) is 0 Å². The number of halogens is 5. The molecule has 2 N–H and O–H groups in total. The summed E-state index contributed by atoms with van der Waals surface area (Å²) >= 11 is 3.07. The lowest BCUT2D eigenvalue weighted by Crippen LogP contribution is -2.19. The van der Waals surface area contributed by atoms with Crippen molar-refractivity contribution in [3.05, 3.63) is 28.2 Å². The number of rotatable bonds is 5. The molecule has 21 heavy (non-hydrogen) atoms. The highest BCUT2D eigenvalue weighted by atomic mass is 79.9. The average molecular weight is 393 g/mol. The lowest BCUT2D eigenvalue weighted by Gasteiger charge is -2.15. The molecule has 4 nitrogen and oxygen atoms in total. The van der Waals surface area contributed by atoms with E-state index in [-0.39, 0.29) is 25.4 Å². The fraction of sp³-hybridized carbons (Fsp3) is 0.417. The number of ether oxygens (including phenoxy) is 2. The number of hydrogen-bond donors (Lipinski definition) is 1. The van der Waals surface area contributed by atoms with Crippen molar-refractivity contribution in [2.45, 2.75) is 25.7 Å². The van der Waals surface area contributed by atoms with Crippen molar-refractivity contribution < 1.29 is 27.4 Å². The summed E-state index contributed by atoms with van der Waals surface area (Å²) < 4.78 is 45.4. The summed E-state index contributed by atoms with van der Waals surface area (Å²) in [7, 11) is 0. The second-order valence-electron chi connectivity index (χ2n) is 3.88. The number of carbonyl (C=O) groups excluding carboxylic acids is 1. The Kier molecular flexibility index (Phi) is 8.05. The van der Waals surface area contributed by atoms with Crippen LogP contribution in [0.5, 0.6) is 5.75 Å². The lowest BCUT2D eigenvalue weighted by atomic mass is 10.0. The Morgan fingerprint density at radius 2 is 2.00 bits per heavy atom. The van der Waals surface area contributed by atoms with Gasteiger partial charge in [0.1, 0.15) is 5.75 Å². The molecule has 1 atom stereocenters. The average Bonchev–Trinajstić information content (AvgIpc) is 2.25. The van der Waals surface area contributed by atoms with E-state index in [2.05, 4.69) is 20.7 Å². The van der Waals surface area contributed by atoms with E-state index in [0.29, 0.717) is 10.0 Å². The third-order valence-corrected chi connectivity index (χ3v) is 2.71. The van der Waals surface area contributed by atoms with Crippen molar-refractivity contribution in [1.82, 2.24) is 0 Å². The van der Waals surface area contributed by atoms with Crippen molar-refractivity contribution in [1.29, 1.82) is 0 Å². The van der Waals surface area contributed by atoms with Gasteiger partial charge in [0.25, 0.3) is 0 Å². The molecule has 0 saturated heterocycles. The van der Waals surface area contributed by atoms with E-state index in [9.17, 15) is 18.0 Å². The maximum Gasteiger partial charge on any atom is 0.573 e. The van der Waals surface area contributed by atoms with Gasteiger partial charge in [0.05, 0.1) is 13.0 Å². The first-order valence-electron chi connectivity index (χ1n) is 5.68. The smallest absolute Gasteiger partial charge is 0.466 e. The zero-order valence-corrected chi connectivity index (χ0v) is 13.3. The molecule has 9 heteroatoms. The van der Waals surface area contributed by atoms with Crippen LogP contribution in [-0.2, 0) is 9.53 Å². The molecule has 1 unspecified atom stereocenters. The summed E-state index contributed by atoms with van der Waals surface area (Å²) in [4.78, 5) is 11.3. The Hall–Kier alpha value is -0.990. The van der Waals surface area contributed by atoms with Crippen LogP contribution in [0.25, 0.3) is 0 Å². The Morgan fingerprint density at radius 3 is 2.52 bits per heavy atom. The lowest BCUT2D eigenvalue weighted by molar-refractivity contribution is -0.274. The topological polar surface area (TPSA) is 61.5 Å². The second-order valence-corrected chi connectivity index (χ2v) is 4.80. The molecule has 0 amide bonds. The highest BCUT2D eigenvalue weighted by Crippen LogP contribution is 2.29. The van der Waals surface area contributed by atoms with Crippen LogP contribution in [0.15, 0.2) is 22.7 Å². The molecular weight excluding hydrogens is 378 g/mol. The van der Waals surface area contributed by atoms with Gasteiger partial charge >= 0.3 is 12.3 Å². The zero-order chi connectivity index (χ0) is 15.3. The van der Waals surface area contributed by atoms with Crippen molar-refractivity contribution in [2.24, 2.45) is 5.73 Å². The molecule has 0 aliphatic rings. The van der Waals surface area contributed by atoms with Crippen molar-refractivity contribution in [2.75, 3.05) is 6.61 Å². The van der Waals surface area contributed by atoms with Gasteiger partial charge in [-0.3, -0.25) is 4.79 Å². The highest BCUT2D eigenvalue weighted by Gasteiger charge is 2.31. The molecule has 0 bridgehead atoms. The van der Waals surface area contributed by atoms with Crippen molar-refractivity contribution in [3.8, 4) is 5.75 Å². The van der Waals surface area contributed by atoms with Gasteiger partial charge in [-0.25, -0.2) is 0 Å². The molecule has 0 radical (unpaired) electrons. The molecule has 0 aromatic heterocycles. The number of hydrogen-bond acceptors (Lipinski definition) is 4. The van der Waals surface area contributed by atoms with Gasteiger partial charge in [-0.15, -0.1) is 25.6 Å². The summed E-state index contributed by atoms with van der Waals surface area (Å²) in [5.74, 6) is -0.917. The molecule has 0 heterocycles. The Balaban J connectivity index is 0.00000400. The van der Waals surface area contributed by atoms with Crippen molar-refractivity contribution >= 4 is 34.3 Å². The first-order chi connectivity index (χ1) is 9.21. The van der Waals surface area contributed by atoms with Crippen molar-refractivity contribution in [3.63, 3.8) is 0 Å². The molecule has 0 spiro atoms. The highest BCUT2D eigenvalue weighted by molar-refractivity contribution is 9.10. The molecular formula is C12H14BrClF3NO3. The number of nitrogens with two attached hydrogens (primary N) is 1. The van der Waals surface area contributed by atoms with Gasteiger partial charge in [0, 0.05) is 10.5 Å². The second kappa shape index (κ2) is 8.45. The van der Waals surface area contributed by atoms with E-state index in [0.717, 1.165) is 12.1 Å². The van der Waals surface area contributed by atoms with E-state index < -0.39 is 24.1 Å². The summed E-state index contributed by atoms with van der Waals surface area (Å²) in [6.07, 6.45) is -4.92. The van der Waals surface area contributed by atoms with E-state index in [4.69, 9.17) is 10.5 Å². The summed E-state index contributed by atoms with van der Waals surface area (Å²) in [5.41, 5.74) is 6.11. The zero-order valence-electron chi connectivity index (χ0n) is 10.9. The minimum Gasteiger partial charge on any atom is -0.466 e. The van der Waals surface area contributed by atoms with Crippen LogP contribution in [0.1, 0.15) is 24.9 Å². The fourth-order valence-electron chi connectivity index (χ4n) is 1.51. The molecule has 1 aromatic carbocycles. The summed E-state index contributed by atoms with van der Waals surface area (Å²) in [6.45, 7) is 1.87. The van der Waals surface area contributed by atoms with Gasteiger partial charge in [-0.1, -0.05) is 15.9 Å². The molecule has 0 aliphatic heterocycles. The van der Waals surface area contributed by atoms with E-state index in [1.165, 1.54) is 6.07 Å². The summed E-state index contributed by atoms with van der Waals surface area (Å²) in [6, 6.07) is 3.05. The monoisotopic (exact) mass is 391 g/mol. The van der Waals surface area contributed by atoms with Gasteiger partial charge in [-0.05, 0) is 30.7 Å². The quantitative estimate of drug-likeness (QED) is 0.776. The fourth-order valence-corrected chi connectivity index (χ4v) is 2.00.